The summed E-state index contributed by atoms with van der Waals surface area (Å²) in [6.07, 6.45) is 6.32. The fourth-order valence-electron chi connectivity index (χ4n) is 4.79. The zero-order valence-corrected chi connectivity index (χ0v) is 15.2. The Labute approximate surface area is 149 Å². The first-order chi connectivity index (χ1) is 12.2. The lowest BCUT2D eigenvalue weighted by molar-refractivity contribution is -0.157. The van der Waals surface area contributed by atoms with E-state index in [4.69, 9.17) is 9.47 Å². The minimum atomic E-state index is 0.0360. The van der Waals surface area contributed by atoms with Crippen LogP contribution in [0.4, 0.5) is 11.4 Å². The van der Waals surface area contributed by atoms with Gasteiger partial charge in [-0.05, 0) is 56.4 Å². The monoisotopic (exact) mass is 344 g/mol. The molecule has 1 amide bonds. The molecule has 1 heterocycles. The highest BCUT2D eigenvalue weighted by molar-refractivity contribution is 5.96. The summed E-state index contributed by atoms with van der Waals surface area (Å²) in [7, 11) is 1.56. The Balaban J connectivity index is 1.44. The van der Waals surface area contributed by atoms with Gasteiger partial charge in [0.2, 0.25) is 0 Å². The molecule has 1 N–H and O–H groups in total. The Bertz CT molecular complexity index is 656. The fourth-order valence-corrected chi connectivity index (χ4v) is 4.79. The molecular formula is C20H28N2O3. The van der Waals surface area contributed by atoms with Crippen LogP contribution in [-0.2, 0) is 20.7 Å². The van der Waals surface area contributed by atoms with Crippen LogP contribution in [0.2, 0.25) is 0 Å². The molecule has 1 aliphatic heterocycles. The molecule has 0 saturated heterocycles. The van der Waals surface area contributed by atoms with Crippen LogP contribution in [0.1, 0.15) is 38.2 Å². The number of amides is 1. The fraction of sp³-hybridized carbons (Fsp3) is 0.650. The topological polar surface area (TPSA) is 50.8 Å². The van der Waals surface area contributed by atoms with E-state index in [2.05, 4.69) is 30.4 Å². The predicted molar refractivity (Wildman–Crippen MR) is 98.1 cm³/mol. The Kier molecular flexibility index (Phi) is 4.46. The van der Waals surface area contributed by atoms with E-state index in [1.54, 1.807) is 7.11 Å². The number of carbonyl (C=O) groups is 1. The zero-order valence-electron chi connectivity index (χ0n) is 15.2. The number of nitrogens with one attached hydrogen (secondary N) is 1. The van der Waals surface area contributed by atoms with Gasteiger partial charge < -0.3 is 19.7 Å². The van der Waals surface area contributed by atoms with Gasteiger partial charge in [-0.25, -0.2) is 0 Å². The molecule has 4 rings (SSSR count). The lowest BCUT2D eigenvalue weighted by atomic mass is 9.51. The van der Waals surface area contributed by atoms with Crippen LogP contribution < -0.4 is 10.2 Å². The molecule has 2 saturated carbocycles. The normalized spacial score (nSPS) is 26.1. The van der Waals surface area contributed by atoms with E-state index in [-0.39, 0.29) is 12.5 Å². The van der Waals surface area contributed by atoms with E-state index in [1.807, 2.05) is 4.90 Å². The second-order valence-corrected chi connectivity index (χ2v) is 7.54. The molecule has 3 aliphatic rings. The SMILES string of the molecule is CCOC1CC(Nc2ccc3c(c2)CCN3C(=O)COC)C12CCC2. The molecule has 136 valence electrons. The van der Waals surface area contributed by atoms with E-state index in [0.717, 1.165) is 31.7 Å². The summed E-state index contributed by atoms with van der Waals surface area (Å²) in [6, 6.07) is 6.92. The largest absolute Gasteiger partial charge is 0.382 e. The van der Waals surface area contributed by atoms with Gasteiger partial charge in [-0.1, -0.05) is 6.42 Å². The van der Waals surface area contributed by atoms with E-state index in [1.165, 1.54) is 30.5 Å². The average molecular weight is 344 g/mol. The molecule has 0 radical (unpaired) electrons. The van der Waals surface area contributed by atoms with Crippen LogP contribution in [0.25, 0.3) is 0 Å². The van der Waals surface area contributed by atoms with Gasteiger partial charge in [0.25, 0.3) is 5.91 Å². The highest BCUT2D eigenvalue weighted by atomic mass is 16.5. The van der Waals surface area contributed by atoms with Crippen LogP contribution in [0, 0.1) is 5.41 Å². The number of ether oxygens (including phenoxy) is 2. The molecule has 1 aromatic rings. The molecule has 0 aromatic heterocycles. The molecular weight excluding hydrogens is 316 g/mol. The third-order valence-corrected chi connectivity index (χ3v) is 6.32. The first-order valence-electron chi connectivity index (χ1n) is 9.48. The Morgan fingerprint density at radius 2 is 2.24 bits per heavy atom. The number of hydrogen-bond acceptors (Lipinski definition) is 4. The molecule has 25 heavy (non-hydrogen) atoms. The van der Waals surface area contributed by atoms with Crippen molar-refractivity contribution in [3.8, 4) is 0 Å². The summed E-state index contributed by atoms with van der Waals surface area (Å²) >= 11 is 0. The number of carbonyl (C=O) groups excluding carboxylic acids is 1. The lowest BCUT2D eigenvalue weighted by Crippen LogP contribution is -2.64. The molecule has 0 bridgehead atoms. The van der Waals surface area contributed by atoms with Crippen molar-refractivity contribution in [1.29, 1.82) is 0 Å². The number of benzene rings is 1. The van der Waals surface area contributed by atoms with Gasteiger partial charge in [0.1, 0.15) is 6.61 Å². The Hall–Kier alpha value is -1.59. The third kappa shape index (κ3) is 2.74. The summed E-state index contributed by atoms with van der Waals surface area (Å²) in [4.78, 5) is 14.0. The second-order valence-electron chi connectivity index (χ2n) is 7.54. The minimum absolute atomic E-state index is 0.0360. The average Bonchev–Trinajstić information content (AvgIpc) is 2.95. The predicted octanol–water partition coefficient (Wildman–Crippen LogP) is 2.98. The standard InChI is InChI=1S/C20H28N2O3/c1-3-25-18-12-17(20(18)8-4-9-20)21-15-5-6-16-14(11-15)7-10-22(16)19(23)13-24-2/h5-6,11,17-18,21H,3-4,7-10,12-13H2,1-2H3. The number of methoxy groups -OCH3 is 1. The van der Waals surface area contributed by atoms with Crippen molar-refractivity contribution in [2.24, 2.45) is 5.41 Å². The van der Waals surface area contributed by atoms with E-state index in [0.29, 0.717) is 17.6 Å². The smallest absolute Gasteiger partial charge is 0.252 e. The van der Waals surface area contributed by atoms with Crippen molar-refractivity contribution in [1.82, 2.24) is 0 Å². The van der Waals surface area contributed by atoms with Gasteiger partial charge >= 0.3 is 0 Å². The number of anilines is 2. The van der Waals surface area contributed by atoms with Gasteiger partial charge in [0.05, 0.1) is 6.10 Å². The highest BCUT2D eigenvalue weighted by Gasteiger charge is 2.58. The first kappa shape index (κ1) is 16.9. The number of fused-ring (bicyclic) bond motifs is 1. The van der Waals surface area contributed by atoms with Gasteiger partial charge in [-0.3, -0.25) is 4.79 Å². The molecule has 2 fully saturated rings. The minimum Gasteiger partial charge on any atom is -0.382 e. The molecule has 2 aliphatic carbocycles. The highest BCUT2D eigenvalue weighted by Crippen LogP contribution is 2.58. The summed E-state index contributed by atoms with van der Waals surface area (Å²) in [5, 5.41) is 3.75. The van der Waals surface area contributed by atoms with Crippen molar-refractivity contribution >= 4 is 17.3 Å². The Morgan fingerprint density at radius 3 is 2.92 bits per heavy atom. The summed E-state index contributed by atoms with van der Waals surface area (Å²) in [6.45, 7) is 3.79. The quantitative estimate of drug-likeness (QED) is 0.862. The van der Waals surface area contributed by atoms with Crippen LogP contribution >= 0.6 is 0 Å². The van der Waals surface area contributed by atoms with Crippen LogP contribution in [0.15, 0.2) is 18.2 Å². The molecule has 1 aromatic carbocycles. The summed E-state index contributed by atoms with van der Waals surface area (Å²) in [5.41, 5.74) is 3.81. The zero-order chi connectivity index (χ0) is 17.4. The van der Waals surface area contributed by atoms with E-state index < -0.39 is 0 Å². The second kappa shape index (κ2) is 6.61. The van der Waals surface area contributed by atoms with Gasteiger partial charge in [-0.15, -0.1) is 0 Å². The molecule has 5 heteroatoms. The first-order valence-corrected chi connectivity index (χ1v) is 9.48. The van der Waals surface area contributed by atoms with Crippen LogP contribution in [0.3, 0.4) is 0 Å². The summed E-state index contributed by atoms with van der Waals surface area (Å²) < 4.78 is 10.9. The number of hydrogen-bond donors (Lipinski definition) is 1. The van der Waals surface area contributed by atoms with Crippen molar-refractivity contribution in [2.75, 3.05) is 37.1 Å². The number of nitrogens with zero attached hydrogens (tertiary/aromatic N) is 1. The third-order valence-electron chi connectivity index (χ3n) is 6.32. The maximum atomic E-state index is 12.1. The van der Waals surface area contributed by atoms with Crippen molar-refractivity contribution in [3.05, 3.63) is 23.8 Å². The molecule has 2 atom stereocenters. The van der Waals surface area contributed by atoms with Gasteiger partial charge in [-0.2, -0.15) is 0 Å². The van der Waals surface area contributed by atoms with Crippen molar-refractivity contribution in [3.63, 3.8) is 0 Å². The van der Waals surface area contributed by atoms with Crippen LogP contribution in [0.5, 0.6) is 0 Å². The van der Waals surface area contributed by atoms with E-state index in [9.17, 15) is 4.79 Å². The van der Waals surface area contributed by atoms with Crippen LogP contribution in [-0.4, -0.2) is 44.9 Å². The van der Waals surface area contributed by atoms with Gasteiger partial charge in [0, 0.05) is 43.1 Å². The maximum Gasteiger partial charge on any atom is 0.252 e. The Morgan fingerprint density at radius 1 is 1.40 bits per heavy atom. The van der Waals surface area contributed by atoms with Crippen molar-refractivity contribution < 1.29 is 14.3 Å². The summed E-state index contributed by atoms with van der Waals surface area (Å²) in [5.74, 6) is 0.0360. The van der Waals surface area contributed by atoms with Gasteiger partial charge in [0.15, 0.2) is 0 Å². The molecule has 2 unspecified atom stereocenters. The maximum absolute atomic E-state index is 12.1. The van der Waals surface area contributed by atoms with Crippen molar-refractivity contribution in [2.45, 2.75) is 51.2 Å². The molecule has 1 spiro atoms. The van der Waals surface area contributed by atoms with E-state index >= 15 is 0 Å². The molecule has 5 nitrogen and oxygen atoms in total. The lowest BCUT2D eigenvalue weighted by Gasteiger charge is -2.61. The number of rotatable bonds is 6.